The molecule has 5 aromatic carbocycles. The van der Waals surface area contributed by atoms with Gasteiger partial charge in [0.2, 0.25) is 0 Å². The number of nitrogens with one attached hydrogen (secondary N) is 1. The highest BCUT2D eigenvalue weighted by molar-refractivity contribution is 6.15. The van der Waals surface area contributed by atoms with Gasteiger partial charge in [0.1, 0.15) is 40.4 Å². The highest BCUT2D eigenvalue weighted by Crippen LogP contribution is 2.53. The van der Waals surface area contributed by atoms with E-state index in [0.717, 1.165) is 5.69 Å². The standard InChI is InChI=1S/C40H27NO5/c42-32-23-35(45-27-17-9-3-10-18-27)30-22-36(46-28-19-11-4-12-20-28)40-33(43)24-34(44-26-15-7-2-8-16-26)29-21-31(39(32)37(30)38(29)40)41-25-13-5-1-6-14-25/h1-24,30,40-41H. The molecule has 6 heteroatoms. The van der Waals surface area contributed by atoms with Crippen molar-refractivity contribution in [2.45, 2.75) is 11.8 Å². The van der Waals surface area contributed by atoms with Gasteiger partial charge >= 0.3 is 0 Å². The molecule has 0 spiro atoms. The Morgan fingerprint density at radius 2 is 1.11 bits per heavy atom. The zero-order valence-corrected chi connectivity index (χ0v) is 24.6. The van der Waals surface area contributed by atoms with Crippen LogP contribution in [0.5, 0.6) is 17.2 Å². The SMILES string of the molecule is O=C1C=C(Oc2ccccc2)C2C=C(Oc3ccccc3)C3C(=O)C=C(Oc4ccccc4)c4cc(Nc5ccccc5)c1c2c43. The van der Waals surface area contributed by atoms with Crippen molar-refractivity contribution in [3.8, 4) is 17.2 Å². The van der Waals surface area contributed by atoms with Gasteiger partial charge in [-0.05, 0) is 71.8 Å². The predicted octanol–water partition coefficient (Wildman–Crippen LogP) is 8.74. The summed E-state index contributed by atoms with van der Waals surface area (Å²) in [5.41, 5.74) is 4.01. The van der Waals surface area contributed by atoms with Crippen molar-refractivity contribution in [3.63, 3.8) is 0 Å². The summed E-state index contributed by atoms with van der Waals surface area (Å²) in [5, 5.41) is 3.47. The largest absolute Gasteiger partial charge is 0.461 e. The van der Waals surface area contributed by atoms with Gasteiger partial charge in [0.25, 0.3) is 0 Å². The number of carbonyl (C=O) groups excluding carboxylic acids is 2. The third-order valence-corrected chi connectivity index (χ3v) is 8.25. The number of allylic oxidation sites excluding steroid dienone is 4. The summed E-state index contributed by atoms with van der Waals surface area (Å²) >= 11 is 0. The molecule has 46 heavy (non-hydrogen) atoms. The summed E-state index contributed by atoms with van der Waals surface area (Å²) in [6.07, 6.45) is 4.99. The highest BCUT2D eigenvalue weighted by atomic mass is 16.5. The lowest BCUT2D eigenvalue weighted by Crippen LogP contribution is -2.33. The maximum atomic E-state index is 14.1. The number of rotatable bonds is 8. The second-order valence-electron chi connectivity index (χ2n) is 11.2. The van der Waals surface area contributed by atoms with E-state index >= 15 is 0 Å². The Balaban J connectivity index is 1.36. The molecule has 0 aliphatic heterocycles. The second-order valence-corrected chi connectivity index (χ2v) is 11.2. The fraction of sp³-hybridized carbons (Fsp3) is 0.0500. The van der Waals surface area contributed by atoms with Crippen LogP contribution < -0.4 is 19.5 Å². The average Bonchev–Trinajstić information content (AvgIpc) is 3.08. The zero-order valence-electron chi connectivity index (χ0n) is 24.6. The molecule has 0 radical (unpaired) electrons. The van der Waals surface area contributed by atoms with Crippen molar-refractivity contribution in [2.75, 3.05) is 5.32 Å². The minimum Gasteiger partial charge on any atom is -0.461 e. The summed E-state index contributed by atoms with van der Waals surface area (Å²) in [5.74, 6) is 1.40. The Morgan fingerprint density at radius 3 is 1.72 bits per heavy atom. The third kappa shape index (κ3) is 4.96. The van der Waals surface area contributed by atoms with Crippen LogP contribution in [-0.4, -0.2) is 11.6 Å². The van der Waals surface area contributed by atoms with Crippen molar-refractivity contribution in [2.24, 2.45) is 0 Å². The van der Waals surface area contributed by atoms with Gasteiger partial charge in [-0.2, -0.15) is 0 Å². The molecule has 2 atom stereocenters. The normalized spacial score (nSPS) is 17.6. The Bertz CT molecular complexity index is 2070. The maximum Gasteiger partial charge on any atom is 0.191 e. The smallest absolute Gasteiger partial charge is 0.191 e. The third-order valence-electron chi connectivity index (χ3n) is 8.25. The van der Waals surface area contributed by atoms with Gasteiger partial charge in [0.15, 0.2) is 11.6 Å². The van der Waals surface area contributed by atoms with Gasteiger partial charge < -0.3 is 19.5 Å². The van der Waals surface area contributed by atoms with E-state index < -0.39 is 11.8 Å². The number of hydrogen-bond donors (Lipinski definition) is 1. The molecule has 3 aliphatic rings. The van der Waals surface area contributed by atoms with Gasteiger partial charge in [-0.15, -0.1) is 0 Å². The highest BCUT2D eigenvalue weighted by Gasteiger charge is 2.46. The molecule has 222 valence electrons. The molecule has 0 amide bonds. The number of anilines is 2. The van der Waals surface area contributed by atoms with E-state index in [2.05, 4.69) is 5.32 Å². The van der Waals surface area contributed by atoms with Crippen LogP contribution in [0.25, 0.3) is 5.76 Å². The average molecular weight is 602 g/mol. The quantitative estimate of drug-likeness (QED) is 0.192. The molecule has 3 aliphatic carbocycles. The minimum absolute atomic E-state index is 0.197. The number of carbonyl (C=O) groups is 2. The molecule has 5 aromatic rings. The summed E-state index contributed by atoms with van der Waals surface area (Å²) in [7, 11) is 0. The van der Waals surface area contributed by atoms with E-state index in [1.54, 1.807) is 6.08 Å². The molecule has 6 nitrogen and oxygen atoms in total. The van der Waals surface area contributed by atoms with Crippen LogP contribution in [0.4, 0.5) is 11.4 Å². The van der Waals surface area contributed by atoms with Crippen molar-refractivity contribution < 1.29 is 23.8 Å². The fourth-order valence-corrected chi connectivity index (χ4v) is 6.31. The molecule has 0 saturated carbocycles. The van der Waals surface area contributed by atoms with Crippen LogP contribution >= 0.6 is 0 Å². The van der Waals surface area contributed by atoms with Crippen LogP contribution in [0.3, 0.4) is 0 Å². The molecular formula is C40H27NO5. The molecule has 8 rings (SSSR count). The summed E-state index contributed by atoms with van der Waals surface area (Å²) in [6, 6.07) is 39.7. The lowest BCUT2D eigenvalue weighted by Gasteiger charge is -2.38. The topological polar surface area (TPSA) is 73.9 Å². The minimum atomic E-state index is -0.780. The molecule has 2 unspecified atom stereocenters. The van der Waals surface area contributed by atoms with Gasteiger partial charge in [-0.1, -0.05) is 72.8 Å². The fourth-order valence-electron chi connectivity index (χ4n) is 6.31. The molecule has 0 heterocycles. The van der Waals surface area contributed by atoms with Gasteiger partial charge in [0.05, 0.1) is 17.2 Å². The van der Waals surface area contributed by atoms with Gasteiger partial charge in [-0.25, -0.2) is 0 Å². The first-order valence-electron chi connectivity index (χ1n) is 15.1. The Hall–Kier alpha value is -6.14. The van der Waals surface area contributed by atoms with E-state index in [4.69, 9.17) is 14.2 Å². The number of para-hydroxylation sites is 4. The number of ether oxygens (including phenoxy) is 3. The lowest BCUT2D eigenvalue weighted by atomic mass is 9.68. The van der Waals surface area contributed by atoms with E-state index in [9.17, 15) is 9.59 Å². The van der Waals surface area contributed by atoms with Crippen molar-refractivity contribution >= 4 is 28.7 Å². The van der Waals surface area contributed by atoms with E-state index in [1.165, 1.54) is 6.08 Å². The van der Waals surface area contributed by atoms with Crippen LogP contribution in [-0.2, 0) is 4.79 Å². The molecule has 0 saturated heterocycles. The lowest BCUT2D eigenvalue weighted by molar-refractivity contribution is -0.115. The predicted molar refractivity (Wildman–Crippen MR) is 176 cm³/mol. The number of ketones is 2. The molecule has 0 aromatic heterocycles. The molecule has 0 bridgehead atoms. The summed E-state index contributed by atoms with van der Waals surface area (Å²) < 4.78 is 19.2. The number of benzene rings is 5. The monoisotopic (exact) mass is 601 g/mol. The maximum absolute atomic E-state index is 14.1. The van der Waals surface area contributed by atoms with Gasteiger partial charge in [0, 0.05) is 23.4 Å². The van der Waals surface area contributed by atoms with E-state index in [0.29, 0.717) is 62.5 Å². The zero-order chi connectivity index (χ0) is 31.0. The van der Waals surface area contributed by atoms with Crippen LogP contribution in [0.15, 0.2) is 157 Å². The molecule has 1 N–H and O–H groups in total. The van der Waals surface area contributed by atoms with Crippen LogP contribution in [0, 0.1) is 0 Å². The summed E-state index contributed by atoms with van der Waals surface area (Å²) in [6.45, 7) is 0. The first kappa shape index (κ1) is 27.4. The summed E-state index contributed by atoms with van der Waals surface area (Å²) in [4.78, 5) is 28.2. The van der Waals surface area contributed by atoms with E-state index in [1.807, 2.05) is 133 Å². The first-order valence-corrected chi connectivity index (χ1v) is 15.1. The Kier molecular flexibility index (Phi) is 6.80. The molecular weight excluding hydrogens is 574 g/mol. The molecule has 0 fully saturated rings. The Morgan fingerprint density at radius 1 is 0.565 bits per heavy atom. The van der Waals surface area contributed by atoms with Crippen molar-refractivity contribution in [3.05, 3.63) is 179 Å². The second kappa shape index (κ2) is 11.4. The number of hydrogen-bond acceptors (Lipinski definition) is 6. The first-order chi connectivity index (χ1) is 22.6. The van der Waals surface area contributed by atoms with Crippen LogP contribution in [0.1, 0.15) is 38.9 Å². The van der Waals surface area contributed by atoms with Crippen LogP contribution in [0.2, 0.25) is 0 Å². The van der Waals surface area contributed by atoms with E-state index in [-0.39, 0.29) is 11.6 Å². The van der Waals surface area contributed by atoms with Gasteiger partial charge in [-0.3, -0.25) is 9.59 Å². The van der Waals surface area contributed by atoms with Crippen molar-refractivity contribution in [1.29, 1.82) is 0 Å². The van der Waals surface area contributed by atoms with Crippen molar-refractivity contribution in [1.82, 2.24) is 0 Å². The Labute approximate surface area is 265 Å².